The number of nitrogens with one attached hydrogen (secondary N) is 1. The lowest BCUT2D eigenvalue weighted by Crippen LogP contribution is -2.64. The molecule has 0 spiro atoms. The molecule has 0 aromatic rings. The third-order valence-electron chi connectivity index (χ3n) is 12.6. The molecular formula is C34H61N3O4S. The highest BCUT2D eigenvalue weighted by Gasteiger charge is 2.68. The molecule has 4 aliphatic carbocycles. The molecule has 0 aromatic heterocycles. The zero-order valence-corrected chi connectivity index (χ0v) is 27.8. The summed E-state index contributed by atoms with van der Waals surface area (Å²) < 4.78 is 6.54. The van der Waals surface area contributed by atoms with E-state index in [0.717, 1.165) is 90.3 Å². The molecule has 4 saturated carbocycles. The Balaban J connectivity index is 1.54. The van der Waals surface area contributed by atoms with Gasteiger partial charge in [0.1, 0.15) is 11.9 Å². The summed E-state index contributed by atoms with van der Waals surface area (Å²) in [7, 11) is 0. The van der Waals surface area contributed by atoms with E-state index in [0.29, 0.717) is 42.1 Å². The number of hydrogen-bond donors (Lipinski definition) is 4. The van der Waals surface area contributed by atoms with E-state index in [1.807, 2.05) is 0 Å². The van der Waals surface area contributed by atoms with Gasteiger partial charge in [-0.25, -0.2) is 0 Å². The number of rotatable bonds is 13. The van der Waals surface area contributed by atoms with Gasteiger partial charge in [-0.05, 0) is 107 Å². The van der Waals surface area contributed by atoms with Crippen LogP contribution < -0.4 is 16.8 Å². The van der Waals surface area contributed by atoms with E-state index in [1.54, 1.807) is 11.8 Å². The van der Waals surface area contributed by atoms with E-state index in [2.05, 4.69) is 33.0 Å². The maximum Gasteiger partial charge on any atom is 0.316 e. The summed E-state index contributed by atoms with van der Waals surface area (Å²) in [5, 5.41) is 16.3. The fraction of sp³-hybridized carbons (Fsp3) is 0.941. The number of aliphatic hydroxyl groups is 1. The smallest absolute Gasteiger partial charge is 0.316 e. The second-order valence-electron chi connectivity index (χ2n) is 15.1. The van der Waals surface area contributed by atoms with Gasteiger partial charge in [-0.2, -0.15) is 0 Å². The van der Waals surface area contributed by atoms with Crippen LogP contribution in [0.5, 0.6) is 0 Å². The summed E-state index contributed by atoms with van der Waals surface area (Å²) in [6.45, 7) is 11.9. The first-order chi connectivity index (χ1) is 20.0. The molecule has 0 aromatic carbocycles. The molecule has 4 fully saturated rings. The van der Waals surface area contributed by atoms with Crippen LogP contribution in [0.15, 0.2) is 0 Å². The molecule has 8 atom stereocenters. The van der Waals surface area contributed by atoms with Crippen LogP contribution in [-0.4, -0.2) is 66.2 Å². The molecule has 4 rings (SSSR count). The number of unbranched alkanes of at least 4 members (excludes halogenated alkanes) is 3. The van der Waals surface area contributed by atoms with E-state index in [9.17, 15) is 14.7 Å². The molecule has 0 unspecified atom stereocenters. The van der Waals surface area contributed by atoms with E-state index in [-0.39, 0.29) is 29.1 Å². The number of ether oxygens (including phenoxy) is 1. The molecule has 8 heteroatoms. The average Bonchev–Trinajstić information content (AvgIpc) is 3.34. The number of esters is 1. The lowest BCUT2D eigenvalue weighted by Gasteiger charge is -2.62. The zero-order valence-electron chi connectivity index (χ0n) is 27.0. The van der Waals surface area contributed by atoms with Crippen LogP contribution in [0.1, 0.15) is 111 Å². The molecule has 0 aliphatic heterocycles. The van der Waals surface area contributed by atoms with E-state index in [4.69, 9.17) is 16.2 Å². The molecule has 242 valence electrons. The minimum atomic E-state index is -0.582. The maximum absolute atomic E-state index is 13.7. The highest BCUT2D eigenvalue weighted by atomic mass is 32.2. The van der Waals surface area contributed by atoms with Crippen molar-refractivity contribution < 1.29 is 19.4 Å². The third kappa shape index (κ3) is 6.93. The third-order valence-corrected chi connectivity index (χ3v) is 13.9. The highest BCUT2D eigenvalue weighted by molar-refractivity contribution is 8.00. The molecule has 0 amide bonds. The van der Waals surface area contributed by atoms with Crippen molar-refractivity contribution in [3.05, 3.63) is 0 Å². The van der Waals surface area contributed by atoms with Gasteiger partial charge >= 0.3 is 5.97 Å². The molecule has 4 aliphatic rings. The van der Waals surface area contributed by atoms with Crippen LogP contribution in [0, 0.1) is 39.9 Å². The Hall–Kier alpha value is -0.670. The Morgan fingerprint density at radius 1 is 1.05 bits per heavy atom. The van der Waals surface area contributed by atoms with Crippen LogP contribution in [0.25, 0.3) is 0 Å². The van der Waals surface area contributed by atoms with Crippen LogP contribution in [0.3, 0.4) is 0 Å². The van der Waals surface area contributed by atoms with Gasteiger partial charge in [-0.3, -0.25) is 9.59 Å². The van der Waals surface area contributed by atoms with Gasteiger partial charge in [0.05, 0.1) is 11.9 Å². The number of ketones is 1. The number of thioether (sulfide) groups is 1. The fourth-order valence-corrected chi connectivity index (χ4v) is 10.6. The van der Waals surface area contributed by atoms with Crippen LogP contribution in [0.2, 0.25) is 0 Å². The Kier molecular flexibility index (Phi) is 11.9. The summed E-state index contributed by atoms with van der Waals surface area (Å²) in [5.41, 5.74) is 10.4. The molecular weight excluding hydrogens is 546 g/mol. The summed E-state index contributed by atoms with van der Waals surface area (Å²) in [6, 6.07) is 0. The van der Waals surface area contributed by atoms with Gasteiger partial charge < -0.3 is 26.6 Å². The Morgan fingerprint density at radius 3 is 2.45 bits per heavy atom. The highest BCUT2D eigenvalue weighted by Crippen LogP contribution is 2.67. The summed E-state index contributed by atoms with van der Waals surface area (Å²) >= 11 is 1.73. The van der Waals surface area contributed by atoms with Crippen LogP contribution in [0.4, 0.5) is 0 Å². The van der Waals surface area contributed by atoms with Crippen molar-refractivity contribution >= 4 is 23.5 Å². The first kappa shape index (κ1) is 34.2. The van der Waals surface area contributed by atoms with Crippen molar-refractivity contribution in [3.63, 3.8) is 0 Å². The average molecular weight is 608 g/mol. The molecule has 0 saturated heterocycles. The molecule has 7 nitrogen and oxygen atoms in total. The fourth-order valence-electron chi connectivity index (χ4n) is 9.57. The zero-order chi connectivity index (χ0) is 30.5. The maximum atomic E-state index is 13.7. The Morgan fingerprint density at radius 2 is 1.76 bits per heavy atom. The van der Waals surface area contributed by atoms with Crippen molar-refractivity contribution in [3.8, 4) is 0 Å². The number of carbonyl (C=O) groups is 2. The monoisotopic (exact) mass is 607 g/mol. The molecule has 42 heavy (non-hydrogen) atoms. The first-order valence-corrected chi connectivity index (χ1v) is 18.2. The Bertz CT molecular complexity index is 913. The first-order valence-electron chi connectivity index (χ1n) is 17.1. The van der Waals surface area contributed by atoms with Gasteiger partial charge in [-0.1, -0.05) is 40.5 Å². The molecule has 0 radical (unpaired) electrons. The molecule has 0 heterocycles. The Labute approximate surface area is 259 Å². The van der Waals surface area contributed by atoms with Crippen molar-refractivity contribution in [1.29, 1.82) is 0 Å². The minimum Gasteiger partial charge on any atom is -0.461 e. The van der Waals surface area contributed by atoms with Gasteiger partial charge in [0.15, 0.2) is 0 Å². The van der Waals surface area contributed by atoms with Gasteiger partial charge in [0, 0.05) is 35.0 Å². The van der Waals surface area contributed by atoms with Crippen molar-refractivity contribution in [2.45, 2.75) is 129 Å². The standard InChI is InChI=1S/C34H61N3O4S/c1-23-13-15-34-16-14-27(38)30(34)33(23,4)28(41-29(39)21-42-26-11-9-25(20-36)10-12-26)19-32(3,31(40)24(34)2)22-37-18-8-6-5-7-17-35/h23-26,28,30-31,37,40H,5-22,35-36H2,1-4H3/t23-,24+,25?,26?,28-,30+,31+,32-,33+,34+/m1/s1. The second kappa shape index (κ2) is 14.6. The summed E-state index contributed by atoms with van der Waals surface area (Å²) in [5.74, 6) is 1.21. The predicted molar refractivity (Wildman–Crippen MR) is 172 cm³/mol. The van der Waals surface area contributed by atoms with Gasteiger partial charge in [0.25, 0.3) is 0 Å². The largest absolute Gasteiger partial charge is 0.461 e. The molecule has 6 N–H and O–H groups in total. The van der Waals surface area contributed by atoms with Gasteiger partial charge in [-0.15, -0.1) is 11.8 Å². The number of Topliss-reactive ketones (excluding diaryl/α,β-unsaturated/α-hetero) is 1. The van der Waals surface area contributed by atoms with Crippen molar-refractivity contribution in [2.75, 3.05) is 31.9 Å². The number of hydrogen-bond acceptors (Lipinski definition) is 8. The topological polar surface area (TPSA) is 128 Å². The predicted octanol–water partition coefficient (Wildman–Crippen LogP) is 5.07. The van der Waals surface area contributed by atoms with E-state index >= 15 is 0 Å². The number of carbonyl (C=O) groups excluding carboxylic acids is 2. The quantitative estimate of drug-likeness (QED) is 0.169. The SMILES string of the molecule is C[C@@H]1CC[C@@]23CCC(=O)[C@H]2[C@]1(C)[C@H](OC(=O)CSC1CCC(CN)CC1)C[C@](C)(CNCCCCCCN)[C@@H](O)[C@@H]3C. The molecule has 2 bridgehead atoms. The normalized spacial score (nSPS) is 42.1. The lowest BCUT2D eigenvalue weighted by molar-refractivity contribution is -0.210. The number of nitrogens with two attached hydrogens (primary N) is 2. The second-order valence-corrected chi connectivity index (χ2v) is 16.4. The van der Waals surface area contributed by atoms with Gasteiger partial charge in [0.2, 0.25) is 0 Å². The van der Waals surface area contributed by atoms with Crippen molar-refractivity contribution in [1.82, 2.24) is 5.32 Å². The van der Waals surface area contributed by atoms with Crippen molar-refractivity contribution in [2.24, 2.45) is 51.4 Å². The summed E-state index contributed by atoms with van der Waals surface area (Å²) in [4.78, 5) is 27.3. The lowest BCUT2D eigenvalue weighted by atomic mass is 9.44. The van der Waals surface area contributed by atoms with E-state index in [1.165, 1.54) is 0 Å². The minimum absolute atomic E-state index is 0.00739. The van der Waals surface area contributed by atoms with Crippen LogP contribution in [-0.2, 0) is 14.3 Å². The van der Waals surface area contributed by atoms with Crippen LogP contribution >= 0.6 is 11.8 Å². The number of aliphatic hydroxyl groups excluding tert-OH is 1. The summed E-state index contributed by atoms with van der Waals surface area (Å²) in [6.07, 6.45) is 11.9. The van der Waals surface area contributed by atoms with E-state index < -0.39 is 23.0 Å².